The molecule has 6 aromatic heterocycles. The standard InChI is InChI=1S/C19H19FN6O.C19H21N5.C13H10N4O/c20-13-7-12(8-14(21)9-13)15-3-4-16-18(24-15)19(23-11-22-16)25-17(27)10-26-5-1-2-6-26;1-24-8-2-3-15(11-24)17-6-5-14(10-21-17)13-4-7-18-16(9-13)19(20)23-12-22-18;14-13-12-11(15-7-16-13)5-4-10(17-12)8-2-1-3-9(18)6-8/h3-4,7-9,11H,1-2,5-6,10,21H2,(H,22,23,25,27);4-7,9-10,12,15H,2-3,8,11H2,1H3,(H2,20,22,23);1-7,18H,(H2,14,15,16). The van der Waals surface area contributed by atoms with E-state index in [1.54, 1.807) is 36.4 Å². The van der Waals surface area contributed by atoms with Gasteiger partial charge in [-0.2, -0.15) is 0 Å². The van der Waals surface area contributed by atoms with E-state index < -0.39 is 5.82 Å². The molecule has 9 aromatic rings. The second kappa shape index (κ2) is 20.7. The van der Waals surface area contributed by atoms with Crippen LogP contribution >= 0.6 is 0 Å². The highest BCUT2D eigenvalue weighted by molar-refractivity contribution is 5.99. The predicted octanol–water partition coefficient (Wildman–Crippen LogP) is 7.51. The first-order valence-corrected chi connectivity index (χ1v) is 22.5. The second-order valence-corrected chi connectivity index (χ2v) is 17.0. The number of hydrogen-bond acceptors (Lipinski definition) is 16. The molecular formula is C51H50FN15O2. The van der Waals surface area contributed by atoms with Gasteiger partial charge >= 0.3 is 0 Å². The SMILES string of the molecule is CN1CCCC(c2ccc(-c3ccc4ncnc(N)c4c3)cn2)C1.Nc1cc(F)cc(-c2ccc3ncnc(NC(=O)CN4CCCC4)c3n2)c1.Nc1ncnc2ccc(-c3cccc(O)c3)nc12. The van der Waals surface area contributed by atoms with E-state index in [4.69, 9.17) is 22.2 Å². The summed E-state index contributed by atoms with van der Waals surface area (Å²) in [5.74, 6) is 1.37. The van der Waals surface area contributed by atoms with Crippen molar-refractivity contribution in [3.63, 3.8) is 0 Å². The highest BCUT2D eigenvalue weighted by atomic mass is 19.1. The molecule has 2 aliphatic heterocycles. The molecule has 11 rings (SSSR count). The fourth-order valence-electron chi connectivity index (χ4n) is 8.53. The number of nitrogens with two attached hydrogens (primary N) is 3. The Labute approximate surface area is 396 Å². The van der Waals surface area contributed by atoms with Crippen LogP contribution in [0.2, 0.25) is 0 Å². The molecule has 0 aliphatic carbocycles. The molecule has 0 saturated carbocycles. The van der Waals surface area contributed by atoms with E-state index >= 15 is 0 Å². The lowest BCUT2D eigenvalue weighted by molar-refractivity contribution is -0.117. The lowest BCUT2D eigenvalue weighted by atomic mass is 9.94. The third-order valence-corrected chi connectivity index (χ3v) is 12.0. The Balaban J connectivity index is 0.000000131. The number of nitrogen functional groups attached to an aromatic ring is 3. The zero-order valence-corrected chi connectivity index (χ0v) is 37.9. The number of phenolic OH excluding ortho intramolecular Hbond substituents is 1. The van der Waals surface area contributed by atoms with Crippen molar-refractivity contribution in [2.75, 3.05) is 62.3 Å². The summed E-state index contributed by atoms with van der Waals surface area (Å²) in [6.45, 7) is 4.47. The number of nitrogens with one attached hydrogen (secondary N) is 1. The molecule has 8 heterocycles. The maximum atomic E-state index is 13.7. The van der Waals surface area contributed by atoms with Gasteiger partial charge in [-0.3, -0.25) is 14.7 Å². The van der Waals surface area contributed by atoms with Gasteiger partial charge in [-0.1, -0.05) is 24.3 Å². The Morgan fingerprint density at radius 1 is 0.681 bits per heavy atom. The molecule has 1 atom stereocenters. The van der Waals surface area contributed by atoms with E-state index in [-0.39, 0.29) is 11.7 Å². The monoisotopic (exact) mass is 923 g/mol. The van der Waals surface area contributed by atoms with Gasteiger partial charge in [0.1, 0.15) is 47.4 Å². The second-order valence-electron chi connectivity index (χ2n) is 17.0. The van der Waals surface area contributed by atoms with E-state index in [0.717, 1.165) is 65.8 Å². The summed E-state index contributed by atoms with van der Waals surface area (Å²) in [6, 6.07) is 28.7. The number of pyridine rings is 3. The number of anilines is 4. The molecule has 1 amide bonds. The molecule has 8 N–H and O–H groups in total. The quantitative estimate of drug-likeness (QED) is 0.0970. The number of nitrogens with zero attached hydrogens (tertiary/aromatic N) is 11. The van der Waals surface area contributed by atoms with Gasteiger partial charge in [-0.05, 0) is 131 Å². The van der Waals surface area contributed by atoms with Crippen LogP contribution in [0, 0.1) is 5.82 Å². The molecule has 2 aliphatic rings. The van der Waals surface area contributed by atoms with Crippen molar-refractivity contribution in [3.05, 3.63) is 134 Å². The highest BCUT2D eigenvalue weighted by Gasteiger charge is 2.21. The predicted molar refractivity (Wildman–Crippen MR) is 267 cm³/mol. The van der Waals surface area contributed by atoms with Crippen LogP contribution in [0.3, 0.4) is 0 Å². The van der Waals surface area contributed by atoms with Crippen molar-refractivity contribution in [1.29, 1.82) is 0 Å². The molecule has 3 aromatic carbocycles. The third kappa shape index (κ3) is 11.1. The van der Waals surface area contributed by atoms with Crippen LogP contribution in [0.1, 0.15) is 37.3 Å². The van der Waals surface area contributed by atoms with Crippen molar-refractivity contribution < 1.29 is 14.3 Å². The number of halogens is 1. The molecule has 18 heteroatoms. The molecule has 0 spiro atoms. The van der Waals surface area contributed by atoms with Gasteiger partial charge in [0.05, 0.1) is 34.5 Å². The molecule has 348 valence electrons. The Morgan fingerprint density at radius 2 is 1.38 bits per heavy atom. The number of phenols is 1. The summed E-state index contributed by atoms with van der Waals surface area (Å²) in [7, 11) is 2.18. The minimum Gasteiger partial charge on any atom is -0.508 e. The Bertz CT molecular complexity index is 3260. The van der Waals surface area contributed by atoms with E-state index in [1.807, 2.05) is 36.5 Å². The maximum absolute atomic E-state index is 13.7. The fraction of sp³-hybridized carbons (Fsp3) is 0.216. The summed E-state index contributed by atoms with van der Waals surface area (Å²) in [4.78, 5) is 55.2. The number of amides is 1. The van der Waals surface area contributed by atoms with Crippen molar-refractivity contribution >= 4 is 62.0 Å². The summed E-state index contributed by atoms with van der Waals surface area (Å²) >= 11 is 0. The molecule has 2 fully saturated rings. The van der Waals surface area contributed by atoms with E-state index in [2.05, 4.69) is 80.2 Å². The first kappa shape index (κ1) is 45.8. The number of likely N-dealkylation sites (tertiary alicyclic amines) is 2. The van der Waals surface area contributed by atoms with E-state index in [9.17, 15) is 14.3 Å². The number of benzene rings is 3. The Morgan fingerprint density at radius 3 is 2.12 bits per heavy atom. The smallest absolute Gasteiger partial charge is 0.239 e. The van der Waals surface area contributed by atoms with Crippen molar-refractivity contribution in [3.8, 4) is 39.4 Å². The summed E-state index contributed by atoms with van der Waals surface area (Å²) < 4.78 is 13.7. The highest BCUT2D eigenvalue weighted by Crippen LogP contribution is 2.30. The topological polar surface area (TPSA) is 250 Å². The van der Waals surface area contributed by atoms with Gasteiger partial charge in [0.15, 0.2) is 11.6 Å². The molecule has 1 unspecified atom stereocenters. The number of fused-ring (bicyclic) bond motifs is 3. The Kier molecular flexibility index (Phi) is 13.7. The molecule has 17 nitrogen and oxygen atoms in total. The normalized spacial score (nSPS) is 15.0. The summed E-state index contributed by atoms with van der Waals surface area (Å²) in [5.41, 5.74) is 26.9. The Hall–Kier alpha value is -8.35. The van der Waals surface area contributed by atoms with Gasteiger partial charge in [0.25, 0.3) is 0 Å². The van der Waals surface area contributed by atoms with Gasteiger partial charge in [0, 0.05) is 52.1 Å². The average Bonchev–Trinajstić information content (AvgIpc) is 3.87. The number of piperidine rings is 1. The van der Waals surface area contributed by atoms with Crippen LogP contribution in [0.5, 0.6) is 5.75 Å². The van der Waals surface area contributed by atoms with Crippen LogP contribution in [-0.4, -0.2) is 105 Å². The van der Waals surface area contributed by atoms with Gasteiger partial charge < -0.3 is 32.5 Å². The lowest BCUT2D eigenvalue weighted by Gasteiger charge is -2.29. The molecular weight excluding hydrogens is 874 g/mol. The van der Waals surface area contributed by atoms with Crippen LogP contribution in [0.4, 0.5) is 27.5 Å². The van der Waals surface area contributed by atoms with Crippen LogP contribution in [0.25, 0.3) is 66.6 Å². The largest absolute Gasteiger partial charge is 0.508 e. The molecule has 2 saturated heterocycles. The average molecular weight is 924 g/mol. The fourth-order valence-corrected chi connectivity index (χ4v) is 8.53. The lowest BCUT2D eigenvalue weighted by Crippen LogP contribution is -2.31. The van der Waals surface area contributed by atoms with E-state index in [1.165, 1.54) is 56.2 Å². The van der Waals surface area contributed by atoms with Gasteiger partial charge in [-0.25, -0.2) is 44.3 Å². The number of carbonyl (C=O) groups is 1. The zero-order valence-electron chi connectivity index (χ0n) is 37.9. The van der Waals surface area contributed by atoms with Crippen LogP contribution in [-0.2, 0) is 4.79 Å². The summed E-state index contributed by atoms with van der Waals surface area (Å²) in [5, 5.41) is 13.2. The van der Waals surface area contributed by atoms with Crippen LogP contribution < -0.4 is 22.5 Å². The number of carbonyl (C=O) groups excluding carboxylic acids is 1. The molecule has 0 radical (unpaired) electrons. The number of aromatic nitrogens is 9. The van der Waals surface area contributed by atoms with Crippen LogP contribution in [0.15, 0.2) is 122 Å². The first-order valence-electron chi connectivity index (χ1n) is 22.5. The number of likely N-dealkylation sites (N-methyl/N-ethyl adjacent to an activating group) is 1. The number of hydrogen-bond donors (Lipinski definition) is 5. The van der Waals surface area contributed by atoms with Crippen molar-refractivity contribution in [1.82, 2.24) is 54.7 Å². The summed E-state index contributed by atoms with van der Waals surface area (Å²) in [6.07, 6.45) is 11.0. The van der Waals surface area contributed by atoms with Crippen molar-refractivity contribution in [2.45, 2.75) is 31.6 Å². The molecule has 0 bridgehead atoms. The number of aromatic hydroxyl groups is 1. The third-order valence-electron chi connectivity index (χ3n) is 12.0. The minimum atomic E-state index is -0.435. The van der Waals surface area contributed by atoms with Crippen molar-refractivity contribution in [2.24, 2.45) is 0 Å². The maximum Gasteiger partial charge on any atom is 0.239 e. The molecule has 69 heavy (non-hydrogen) atoms. The minimum absolute atomic E-state index is 0.140. The number of rotatable bonds is 7. The first-order chi connectivity index (χ1) is 33.5. The van der Waals surface area contributed by atoms with Gasteiger partial charge in [0.2, 0.25) is 5.91 Å². The zero-order chi connectivity index (χ0) is 47.9. The van der Waals surface area contributed by atoms with E-state index in [0.29, 0.717) is 68.9 Å². The van der Waals surface area contributed by atoms with Gasteiger partial charge in [-0.15, -0.1) is 0 Å².